The molecule has 1 unspecified atom stereocenters. The van der Waals surface area contributed by atoms with Crippen LogP contribution in [0.1, 0.15) is 39.5 Å². The number of carbonyl (C=O) groups is 1. The first-order chi connectivity index (χ1) is 9.56. The molecule has 4 nitrogen and oxygen atoms in total. The second-order valence-electron chi connectivity index (χ2n) is 5.44. The van der Waals surface area contributed by atoms with Crippen molar-refractivity contribution in [3.63, 3.8) is 0 Å². The van der Waals surface area contributed by atoms with Crippen LogP contribution in [-0.4, -0.2) is 29.3 Å². The summed E-state index contributed by atoms with van der Waals surface area (Å²) in [6.45, 7) is 5.28. The van der Waals surface area contributed by atoms with Crippen LogP contribution in [0.5, 0.6) is 0 Å². The molecule has 0 aliphatic carbocycles. The summed E-state index contributed by atoms with van der Waals surface area (Å²) < 4.78 is 5.38. The van der Waals surface area contributed by atoms with Gasteiger partial charge >= 0.3 is 5.97 Å². The monoisotopic (exact) mass is 271 g/mol. The van der Waals surface area contributed by atoms with E-state index < -0.39 is 5.97 Å². The van der Waals surface area contributed by atoms with Crippen LogP contribution in [-0.2, 0) is 4.74 Å². The summed E-state index contributed by atoms with van der Waals surface area (Å²) in [7, 11) is 0. The zero-order valence-corrected chi connectivity index (χ0v) is 11.6. The summed E-state index contributed by atoms with van der Waals surface area (Å²) >= 11 is 0. The molecule has 3 rings (SSSR count). The second kappa shape index (κ2) is 4.87. The highest BCUT2D eigenvalue weighted by atomic mass is 16.5. The lowest BCUT2D eigenvalue weighted by atomic mass is 9.96. The molecule has 1 aliphatic rings. The fourth-order valence-electron chi connectivity index (χ4n) is 2.92. The van der Waals surface area contributed by atoms with Crippen molar-refractivity contribution in [2.24, 2.45) is 0 Å². The lowest BCUT2D eigenvalue weighted by Crippen LogP contribution is -2.07. The Bertz CT molecular complexity index is 688. The Morgan fingerprint density at radius 1 is 1.35 bits per heavy atom. The van der Waals surface area contributed by atoms with E-state index in [1.165, 1.54) is 0 Å². The molecule has 0 bridgehead atoms. The van der Waals surface area contributed by atoms with Gasteiger partial charge in [-0.3, -0.25) is 4.98 Å². The predicted octanol–water partition coefficient (Wildman–Crippen LogP) is 3.05. The first kappa shape index (κ1) is 13.1. The van der Waals surface area contributed by atoms with Crippen LogP contribution in [0.25, 0.3) is 10.9 Å². The van der Waals surface area contributed by atoms with E-state index in [0.717, 1.165) is 40.8 Å². The second-order valence-corrected chi connectivity index (χ2v) is 5.44. The quantitative estimate of drug-likeness (QED) is 0.912. The standard InChI is InChI=1S/C16H17NO3/c1-9-5-10(2)15-12(16(18)19)7-13(17-14(15)6-9)11-3-4-20-8-11/h5-7,11H,3-4,8H2,1-2H3,(H,18,19). The third-order valence-corrected chi connectivity index (χ3v) is 3.85. The van der Waals surface area contributed by atoms with Gasteiger partial charge in [-0.15, -0.1) is 0 Å². The van der Waals surface area contributed by atoms with Crippen molar-refractivity contribution in [3.8, 4) is 0 Å². The summed E-state index contributed by atoms with van der Waals surface area (Å²) in [4.78, 5) is 16.2. The summed E-state index contributed by atoms with van der Waals surface area (Å²) in [5.41, 5.74) is 3.99. The Labute approximate surface area is 117 Å². The zero-order chi connectivity index (χ0) is 14.3. The number of carboxylic acids is 1. The minimum atomic E-state index is -0.899. The number of pyridine rings is 1. The van der Waals surface area contributed by atoms with E-state index in [2.05, 4.69) is 4.98 Å². The lowest BCUT2D eigenvalue weighted by molar-refractivity contribution is 0.0698. The summed E-state index contributed by atoms with van der Waals surface area (Å²) in [6, 6.07) is 5.66. The molecule has 1 atom stereocenters. The van der Waals surface area contributed by atoms with Gasteiger partial charge in [0.15, 0.2) is 0 Å². The molecule has 1 saturated heterocycles. The molecule has 20 heavy (non-hydrogen) atoms. The molecule has 0 radical (unpaired) electrons. The summed E-state index contributed by atoms with van der Waals surface area (Å²) in [5.74, 6) is -0.692. The van der Waals surface area contributed by atoms with Gasteiger partial charge in [0.2, 0.25) is 0 Å². The highest BCUT2D eigenvalue weighted by Gasteiger charge is 2.22. The van der Waals surface area contributed by atoms with E-state index in [1.54, 1.807) is 6.07 Å². The summed E-state index contributed by atoms with van der Waals surface area (Å²) in [6.07, 6.45) is 0.905. The third-order valence-electron chi connectivity index (χ3n) is 3.85. The number of hydrogen-bond acceptors (Lipinski definition) is 3. The maximum atomic E-state index is 11.6. The highest BCUT2D eigenvalue weighted by Crippen LogP contribution is 2.30. The van der Waals surface area contributed by atoms with Gasteiger partial charge in [-0.1, -0.05) is 6.07 Å². The number of benzene rings is 1. The molecule has 4 heteroatoms. The lowest BCUT2D eigenvalue weighted by Gasteiger charge is -2.13. The number of carboxylic acid groups (broad SMARTS) is 1. The van der Waals surface area contributed by atoms with E-state index in [9.17, 15) is 9.90 Å². The number of rotatable bonds is 2. The van der Waals surface area contributed by atoms with Gasteiger partial charge in [0.1, 0.15) is 0 Å². The molecule has 0 spiro atoms. The molecule has 1 fully saturated rings. The van der Waals surface area contributed by atoms with E-state index >= 15 is 0 Å². The van der Waals surface area contributed by atoms with E-state index in [4.69, 9.17) is 4.74 Å². The van der Waals surface area contributed by atoms with Gasteiger partial charge in [-0.05, 0) is 43.5 Å². The molecule has 1 aromatic heterocycles. The van der Waals surface area contributed by atoms with Gasteiger partial charge in [0, 0.05) is 23.6 Å². The van der Waals surface area contributed by atoms with Crippen LogP contribution >= 0.6 is 0 Å². The Kier molecular flexibility index (Phi) is 3.18. The SMILES string of the molecule is Cc1cc(C)c2c(C(=O)O)cc(C3CCOC3)nc2c1. The summed E-state index contributed by atoms with van der Waals surface area (Å²) in [5, 5.41) is 10.2. The molecule has 0 saturated carbocycles. The van der Waals surface area contributed by atoms with Crippen LogP contribution in [0.2, 0.25) is 0 Å². The normalized spacial score (nSPS) is 18.6. The van der Waals surface area contributed by atoms with Crippen LogP contribution in [0.3, 0.4) is 0 Å². The van der Waals surface area contributed by atoms with Crippen molar-refractivity contribution >= 4 is 16.9 Å². The van der Waals surface area contributed by atoms with E-state index in [1.807, 2.05) is 26.0 Å². The van der Waals surface area contributed by atoms with Crippen LogP contribution in [0.4, 0.5) is 0 Å². The van der Waals surface area contributed by atoms with E-state index in [0.29, 0.717) is 12.2 Å². The number of ether oxygens (including phenoxy) is 1. The number of aryl methyl sites for hydroxylation is 2. The Hall–Kier alpha value is -1.94. The first-order valence-electron chi connectivity index (χ1n) is 6.79. The Balaban J connectivity index is 2.27. The fraction of sp³-hybridized carbons (Fsp3) is 0.375. The molecular weight excluding hydrogens is 254 g/mol. The van der Waals surface area contributed by atoms with Gasteiger partial charge in [0.05, 0.1) is 17.7 Å². The van der Waals surface area contributed by atoms with Gasteiger partial charge in [-0.2, -0.15) is 0 Å². The van der Waals surface area contributed by atoms with Crippen molar-refractivity contribution in [3.05, 3.63) is 40.6 Å². The maximum absolute atomic E-state index is 11.6. The largest absolute Gasteiger partial charge is 0.478 e. The molecular formula is C16H17NO3. The van der Waals surface area contributed by atoms with Crippen LogP contribution < -0.4 is 0 Å². The van der Waals surface area contributed by atoms with Gasteiger partial charge in [-0.25, -0.2) is 4.79 Å². The van der Waals surface area contributed by atoms with Gasteiger partial charge in [0.25, 0.3) is 0 Å². The number of fused-ring (bicyclic) bond motifs is 1. The maximum Gasteiger partial charge on any atom is 0.336 e. The van der Waals surface area contributed by atoms with Crippen molar-refractivity contribution < 1.29 is 14.6 Å². The molecule has 2 heterocycles. The number of nitrogens with zero attached hydrogens (tertiary/aromatic N) is 1. The molecule has 0 amide bonds. The van der Waals surface area contributed by atoms with Crippen molar-refractivity contribution in [1.82, 2.24) is 4.98 Å². The molecule has 1 aromatic carbocycles. The van der Waals surface area contributed by atoms with Crippen LogP contribution in [0, 0.1) is 13.8 Å². The number of aromatic carboxylic acids is 1. The first-order valence-corrected chi connectivity index (χ1v) is 6.79. The van der Waals surface area contributed by atoms with Crippen molar-refractivity contribution in [2.45, 2.75) is 26.2 Å². The Morgan fingerprint density at radius 3 is 2.80 bits per heavy atom. The third kappa shape index (κ3) is 2.16. The topological polar surface area (TPSA) is 59.4 Å². The molecule has 2 aromatic rings. The average Bonchev–Trinajstić information content (AvgIpc) is 2.90. The Morgan fingerprint density at radius 2 is 2.15 bits per heavy atom. The minimum Gasteiger partial charge on any atom is -0.478 e. The fourth-order valence-corrected chi connectivity index (χ4v) is 2.92. The molecule has 1 N–H and O–H groups in total. The smallest absolute Gasteiger partial charge is 0.336 e. The van der Waals surface area contributed by atoms with E-state index in [-0.39, 0.29) is 5.92 Å². The minimum absolute atomic E-state index is 0.207. The molecule has 1 aliphatic heterocycles. The zero-order valence-electron chi connectivity index (χ0n) is 11.6. The highest BCUT2D eigenvalue weighted by molar-refractivity contribution is 6.04. The average molecular weight is 271 g/mol. The number of hydrogen-bond donors (Lipinski definition) is 1. The predicted molar refractivity (Wildman–Crippen MR) is 76.4 cm³/mol. The van der Waals surface area contributed by atoms with Crippen molar-refractivity contribution in [1.29, 1.82) is 0 Å². The van der Waals surface area contributed by atoms with Gasteiger partial charge < -0.3 is 9.84 Å². The van der Waals surface area contributed by atoms with Crippen molar-refractivity contribution in [2.75, 3.05) is 13.2 Å². The number of aromatic nitrogens is 1. The molecule has 104 valence electrons. The van der Waals surface area contributed by atoms with Crippen LogP contribution in [0.15, 0.2) is 18.2 Å².